The molecule has 1 fully saturated rings. The predicted octanol–water partition coefficient (Wildman–Crippen LogP) is 0.750. The molecule has 0 bridgehead atoms. The number of amides is 2. The highest BCUT2D eigenvalue weighted by Crippen LogP contribution is 2.19. The third-order valence-corrected chi connectivity index (χ3v) is 3.21. The molecule has 1 aliphatic rings. The highest BCUT2D eigenvalue weighted by atomic mass is 16.4. The third-order valence-electron chi connectivity index (χ3n) is 3.21. The molecule has 0 saturated carbocycles. The first-order valence-electron chi connectivity index (χ1n) is 6.51. The van der Waals surface area contributed by atoms with Crippen LogP contribution in [-0.4, -0.2) is 64.3 Å². The van der Waals surface area contributed by atoms with Crippen LogP contribution >= 0.6 is 0 Å². The van der Waals surface area contributed by atoms with Crippen LogP contribution in [0.1, 0.15) is 32.6 Å². The van der Waals surface area contributed by atoms with Gasteiger partial charge in [-0.1, -0.05) is 13.3 Å². The number of carboxylic acid groups (broad SMARTS) is 1. The summed E-state index contributed by atoms with van der Waals surface area (Å²) in [5, 5.41) is 18.0. The van der Waals surface area contributed by atoms with Crippen molar-refractivity contribution >= 4 is 12.0 Å². The summed E-state index contributed by atoms with van der Waals surface area (Å²) < 4.78 is 0. The van der Waals surface area contributed by atoms with Gasteiger partial charge in [0.2, 0.25) is 0 Å². The van der Waals surface area contributed by atoms with Crippen LogP contribution in [0.2, 0.25) is 0 Å². The molecule has 6 nitrogen and oxygen atoms in total. The lowest BCUT2D eigenvalue weighted by atomic mass is 10.2. The predicted molar refractivity (Wildman–Crippen MR) is 66.3 cm³/mol. The SMILES string of the molecule is CCCCN(CCO)C(=O)N1CCC[C@H]1C(=O)O. The molecule has 18 heavy (non-hydrogen) atoms. The average molecular weight is 258 g/mol. The molecule has 0 unspecified atom stereocenters. The van der Waals surface area contributed by atoms with E-state index in [1.54, 1.807) is 4.90 Å². The number of urea groups is 1. The standard InChI is InChI=1S/C12H22N2O4/c1-2-3-6-13(8-9-15)12(18)14-7-4-5-10(14)11(16)17/h10,15H,2-9H2,1H3,(H,16,17)/t10-/m0/s1. The van der Waals surface area contributed by atoms with Crippen molar-refractivity contribution in [2.45, 2.75) is 38.6 Å². The number of aliphatic hydroxyl groups excluding tert-OH is 1. The summed E-state index contributed by atoms with van der Waals surface area (Å²) in [7, 11) is 0. The summed E-state index contributed by atoms with van der Waals surface area (Å²) in [6.07, 6.45) is 3.06. The summed E-state index contributed by atoms with van der Waals surface area (Å²) in [6, 6.07) is -0.970. The maximum atomic E-state index is 12.2. The Morgan fingerprint density at radius 2 is 2.11 bits per heavy atom. The van der Waals surface area contributed by atoms with Crippen LogP contribution in [0, 0.1) is 0 Å². The van der Waals surface area contributed by atoms with Gasteiger partial charge in [-0.05, 0) is 19.3 Å². The van der Waals surface area contributed by atoms with Crippen LogP contribution in [0.4, 0.5) is 4.79 Å². The molecule has 0 aromatic carbocycles. The van der Waals surface area contributed by atoms with Crippen LogP contribution in [0.25, 0.3) is 0 Å². The van der Waals surface area contributed by atoms with E-state index in [-0.39, 0.29) is 19.2 Å². The number of carbonyl (C=O) groups excluding carboxylic acids is 1. The summed E-state index contributed by atoms with van der Waals surface area (Å²) in [5.41, 5.74) is 0. The van der Waals surface area contributed by atoms with Crippen LogP contribution in [0.3, 0.4) is 0 Å². The van der Waals surface area contributed by atoms with Crippen LogP contribution in [0.15, 0.2) is 0 Å². The van der Waals surface area contributed by atoms with Gasteiger partial charge in [0.1, 0.15) is 6.04 Å². The molecule has 2 N–H and O–H groups in total. The molecule has 1 rings (SSSR count). The Hall–Kier alpha value is -1.30. The van der Waals surface area contributed by atoms with Crippen molar-refractivity contribution in [3.63, 3.8) is 0 Å². The van der Waals surface area contributed by atoms with Crippen molar-refractivity contribution in [3.05, 3.63) is 0 Å². The van der Waals surface area contributed by atoms with E-state index in [0.29, 0.717) is 19.5 Å². The minimum absolute atomic E-state index is 0.0962. The van der Waals surface area contributed by atoms with E-state index >= 15 is 0 Å². The molecule has 0 aliphatic carbocycles. The fourth-order valence-electron chi connectivity index (χ4n) is 2.21. The number of hydrogen-bond acceptors (Lipinski definition) is 3. The van der Waals surface area contributed by atoms with Gasteiger partial charge in [0, 0.05) is 19.6 Å². The number of aliphatic carboxylic acids is 1. The Balaban J connectivity index is 2.65. The van der Waals surface area contributed by atoms with Crippen molar-refractivity contribution in [2.75, 3.05) is 26.2 Å². The van der Waals surface area contributed by atoms with Gasteiger partial charge in [-0.25, -0.2) is 9.59 Å². The lowest BCUT2D eigenvalue weighted by molar-refractivity contribution is -0.141. The number of carbonyl (C=O) groups is 2. The van der Waals surface area contributed by atoms with E-state index in [0.717, 1.165) is 19.3 Å². The maximum absolute atomic E-state index is 12.2. The molecule has 1 saturated heterocycles. The van der Waals surface area contributed by atoms with Gasteiger partial charge in [0.05, 0.1) is 6.61 Å². The van der Waals surface area contributed by atoms with Gasteiger partial charge < -0.3 is 20.0 Å². The monoisotopic (exact) mass is 258 g/mol. The van der Waals surface area contributed by atoms with E-state index in [1.807, 2.05) is 6.92 Å². The zero-order chi connectivity index (χ0) is 13.5. The normalized spacial score (nSPS) is 19.0. The van der Waals surface area contributed by atoms with Crippen molar-refractivity contribution < 1.29 is 19.8 Å². The van der Waals surface area contributed by atoms with Crippen LogP contribution in [-0.2, 0) is 4.79 Å². The number of aliphatic hydroxyl groups is 1. The summed E-state index contributed by atoms with van der Waals surface area (Å²) in [6.45, 7) is 3.25. The zero-order valence-corrected chi connectivity index (χ0v) is 10.8. The smallest absolute Gasteiger partial charge is 0.326 e. The fraction of sp³-hybridized carbons (Fsp3) is 0.833. The Morgan fingerprint density at radius 1 is 1.39 bits per heavy atom. The number of carboxylic acids is 1. The van der Waals surface area contributed by atoms with Gasteiger partial charge in [-0.15, -0.1) is 0 Å². The van der Waals surface area contributed by atoms with Crippen molar-refractivity contribution in [1.82, 2.24) is 9.80 Å². The van der Waals surface area contributed by atoms with Crippen molar-refractivity contribution in [3.8, 4) is 0 Å². The zero-order valence-electron chi connectivity index (χ0n) is 10.8. The lowest BCUT2D eigenvalue weighted by Crippen LogP contribution is -2.49. The Bertz CT molecular complexity index is 296. The first-order valence-corrected chi connectivity index (χ1v) is 6.51. The molecule has 0 aromatic rings. The highest BCUT2D eigenvalue weighted by molar-refractivity contribution is 5.83. The molecule has 2 amide bonds. The number of likely N-dealkylation sites (tertiary alicyclic amines) is 1. The molecule has 0 radical (unpaired) electrons. The Morgan fingerprint density at radius 3 is 2.67 bits per heavy atom. The summed E-state index contributed by atoms with van der Waals surface area (Å²) in [5.74, 6) is -0.944. The van der Waals surface area contributed by atoms with Gasteiger partial charge in [0.15, 0.2) is 0 Å². The quantitative estimate of drug-likeness (QED) is 0.736. The van der Waals surface area contributed by atoms with Crippen molar-refractivity contribution in [1.29, 1.82) is 0 Å². The number of unbranched alkanes of at least 4 members (excludes halogenated alkanes) is 1. The van der Waals surface area contributed by atoms with Gasteiger partial charge in [-0.3, -0.25) is 0 Å². The topological polar surface area (TPSA) is 81.1 Å². The molecule has 1 atom stereocenters. The van der Waals surface area contributed by atoms with E-state index in [9.17, 15) is 9.59 Å². The lowest BCUT2D eigenvalue weighted by Gasteiger charge is -2.29. The summed E-state index contributed by atoms with van der Waals surface area (Å²) in [4.78, 5) is 26.2. The molecule has 1 aliphatic heterocycles. The molecule has 104 valence electrons. The highest BCUT2D eigenvalue weighted by Gasteiger charge is 2.35. The Kier molecular flexibility index (Phi) is 5.91. The minimum Gasteiger partial charge on any atom is -0.480 e. The number of hydrogen-bond donors (Lipinski definition) is 2. The largest absolute Gasteiger partial charge is 0.480 e. The van der Waals surface area contributed by atoms with Gasteiger partial charge in [0.25, 0.3) is 0 Å². The second kappa shape index (κ2) is 7.20. The van der Waals surface area contributed by atoms with E-state index in [1.165, 1.54) is 4.90 Å². The third kappa shape index (κ3) is 3.60. The second-order valence-corrected chi connectivity index (χ2v) is 4.54. The number of nitrogens with zero attached hydrogens (tertiary/aromatic N) is 2. The Labute approximate surface area is 107 Å². The first kappa shape index (κ1) is 14.8. The van der Waals surface area contributed by atoms with Gasteiger partial charge >= 0.3 is 12.0 Å². The minimum atomic E-state index is -0.944. The van der Waals surface area contributed by atoms with Crippen LogP contribution in [0.5, 0.6) is 0 Å². The first-order chi connectivity index (χ1) is 8.61. The molecule has 0 spiro atoms. The van der Waals surface area contributed by atoms with Crippen LogP contribution < -0.4 is 0 Å². The molecule has 6 heteroatoms. The molecular formula is C12H22N2O4. The maximum Gasteiger partial charge on any atom is 0.326 e. The average Bonchev–Trinajstić information content (AvgIpc) is 2.82. The molecule has 0 aromatic heterocycles. The second-order valence-electron chi connectivity index (χ2n) is 4.54. The fourth-order valence-corrected chi connectivity index (χ4v) is 2.21. The van der Waals surface area contributed by atoms with Crippen molar-refractivity contribution in [2.24, 2.45) is 0 Å². The molecule has 1 heterocycles. The van der Waals surface area contributed by atoms with E-state index in [4.69, 9.17) is 10.2 Å². The van der Waals surface area contributed by atoms with E-state index < -0.39 is 12.0 Å². The summed E-state index contributed by atoms with van der Waals surface area (Å²) >= 11 is 0. The van der Waals surface area contributed by atoms with Gasteiger partial charge in [-0.2, -0.15) is 0 Å². The number of rotatable bonds is 6. The molecular weight excluding hydrogens is 236 g/mol. The van der Waals surface area contributed by atoms with E-state index in [2.05, 4.69) is 0 Å².